The van der Waals surface area contributed by atoms with Crippen LogP contribution >= 0.6 is 0 Å². The zero-order chi connectivity index (χ0) is 22.7. The number of likely N-dealkylation sites (N-methyl/N-ethyl adjacent to an activating group) is 1. The Balaban J connectivity index is 1.46. The Bertz CT molecular complexity index is 1090. The second-order valence-electron chi connectivity index (χ2n) is 8.09. The first-order valence-electron chi connectivity index (χ1n) is 10.6. The van der Waals surface area contributed by atoms with Crippen molar-refractivity contribution in [2.45, 2.75) is 19.1 Å². The molecule has 1 unspecified atom stereocenters. The number of halogens is 1. The van der Waals surface area contributed by atoms with Crippen LogP contribution in [0.3, 0.4) is 0 Å². The summed E-state index contributed by atoms with van der Waals surface area (Å²) in [6, 6.07) is 5.65. The smallest absolute Gasteiger partial charge is 0.239 e. The van der Waals surface area contributed by atoms with E-state index in [2.05, 4.69) is 14.9 Å². The van der Waals surface area contributed by atoms with Crippen molar-refractivity contribution in [3.05, 3.63) is 53.6 Å². The molecule has 0 radical (unpaired) electrons. The Labute approximate surface area is 186 Å². The summed E-state index contributed by atoms with van der Waals surface area (Å²) in [4.78, 5) is 23.9. The van der Waals surface area contributed by atoms with E-state index in [-0.39, 0.29) is 18.1 Å². The van der Waals surface area contributed by atoms with Crippen LogP contribution in [0, 0.1) is 5.82 Å². The maximum Gasteiger partial charge on any atom is 0.239 e. The average molecular weight is 442 g/mol. The number of carbonyl (C=O) groups is 1. The lowest BCUT2D eigenvalue weighted by Crippen LogP contribution is -2.52. The second kappa shape index (κ2) is 9.64. The van der Waals surface area contributed by atoms with Gasteiger partial charge in [0.05, 0.1) is 18.0 Å². The van der Waals surface area contributed by atoms with Crippen molar-refractivity contribution >= 4 is 16.9 Å². The number of nitrogens with one attached hydrogen (secondary N) is 1. The van der Waals surface area contributed by atoms with E-state index in [1.54, 1.807) is 42.6 Å². The lowest BCUT2D eigenvalue weighted by molar-refractivity contribution is -0.134. The van der Waals surface area contributed by atoms with E-state index in [0.717, 1.165) is 24.0 Å². The molecule has 0 bridgehead atoms. The van der Waals surface area contributed by atoms with E-state index in [0.29, 0.717) is 36.7 Å². The summed E-state index contributed by atoms with van der Waals surface area (Å²) in [6.07, 6.45) is 3.66. The largest absolute Gasteiger partial charge is 0.453 e. The number of aromatic amines is 1. The van der Waals surface area contributed by atoms with E-state index < -0.39 is 11.9 Å². The van der Waals surface area contributed by atoms with Crippen molar-refractivity contribution in [1.82, 2.24) is 19.8 Å². The van der Waals surface area contributed by atoms with Crippen molar-refractivity contribution < 1.29 is 18.7 Å². The molecule has 8 nitrogen and oxygen atoms in total. The monoisotopic (exact) mass is 441 g/mol. The van der Waals surface area contributed by atoms with Gasteiger partial charge in [-0.05, 0) is 37.2 Å². The number of H-pyrrole nitrogens is 1. The van der Waals surface area contributed by atoms with Crippen LogP contribution in [0.15, 0.2) is 36.7 Å². The number of fused-ring (bicyclic) bond motifs is 1. The van der Waals surface area contributed by atoms with Gasteiger partial charge >= 0.3 is 0 Å². The molecule has 4 rings (SSSR count). The molecular formula is C23H28FN5O3. The quantitative estimate of drug-likeness (QED) is 0.584. The van der Waals surface area contributed by atoms with Crippen LogP contribution in [-0.2, 0) is 22.6 Å². The van der Waals surface area contributed by atoms with Crippen LogP contribution in [0.1, 0.15) is 11.1 Å². The molecule has 0 spiro atoms. The lowest BCUT2D eigenvalue weighted by Gasteiger charge is -2.33. The molecule has 9 heteroatoms. The zero-order valence-corrected chi connectivity index (χ0v) is 18.3. The molecule has 3 aromatic rings. The number of pyridine rings is 1. The third-order valence-electron chi connectivity index (χ3n) is 5.72. The van der Waals surface area contributed by atoms with Gasteiger partial charge in [0.15, 0.2) is 11.6 Å². The van der Waals surface area contributed by atoms with Gasteiger partial charge in [-0.25, -0.2) is 9.37 Å². The maximum atomic E-state index is 14.8. The Morgan fingerprint density at radius 2 is 2.03 bits per heavy atom. The normalized spacial score (nSPS) is 15.8. The summed E-state index contributed by atoms with van der Waals surface area (Å²) in [6.45, 7) is 3.36. The number of ether oxygens (including phenoxy) is 2. The molecule has 1 aromatic carbocycles. The van der Waals surface area contributed by atoms with Crippen LogP contribution in [-0.4, -0.2) is 72.1 Å². The number of hydrogen-bond donors (Lipinski definition) is 2. The van der Waals surface area contributed by atoms with Gasteiger partial charge in [-0.1, -0.05) is 6.07 Å². The first-order chi connectivity index (χ1) is 15.5. The molecule has 1 aliphatic rings. The van der Waals surface area contributed by atoms with Crippen molar-refractivity contribution in [2.75, 3.05) is 40.3 Å². The Hall–Kier alpha value is -3.01. The molecule has 3 N–H and O–H groups in total. The summed E-state index contributed by atoms with van der Waals surface area (Å²) in [5.41, 5.74) is 8.30. The Morgan fingerprint density at radius 3 is 2.75 bits per heavy atom. The Kier molecular flexibility index (Phi) is 6.69. The summed E-state index contributed by atoms with van der Waals surface area (Å²) >= 11 is 0. The highest BCUT2D eigenvalue weighted by atomic mass is 19.1. The molecule has 32 heavy (non-hydrogen) atoms. The van der Waals surface area contributed by atoms with Crippen molar-refractivity contribution in [3.63, 3.8) is 0 Å². The standard InChI is InChI=1S/C23H28FN5O3/c1-28-7-9-29(10-8-28)23(30)18(25)12-15-3-4-19(17(24)11-15)32-20-5-6-26-22-21(20)16(13-27-22)14-31-2/h3-6,11,13,18H,7-10,12,14,25H2,1-2H3,(H,26,27). The second-order valence-corrected chi connectivity index (χ2v) is 8.09. The number of hydrogen-bond acceptors (Lipinski definition) is 6. The summed E-state index contributed by atoms with van der Waals surface area (Å²) in [5.74, 6) is -0.0478. The Morgan fingerprint density at radius 1 is 1.25 bits per heavy atom. The maximum absolute atomic E-state index is 14.8. The summed E-state index contributed by atoms with van der Waals surface area (Å²) in [5, 5.41) is 0.748. The molecule has 0 saturated carbocycles. The molecule has 1 atom stereocenters. The van der Waals surface area contributed by atoms with Gasteiger partial charge in [-0.15, -0.1) is 0 Å². The van der Waals surface area contributed by atoms with Crippen molar-refractivity contribution in [1.29, 1.82) is 0 Å². The van der Waals surface area contributed by atoms with Crippen molar-refractivity contribution in [2.24, 2.45) is 5.73 Å². The number of carbonyl (C=O) groups excluding carboxylic acids is 1. The van der Waals surface area contributed by atoms with E-state index in [1.807, 2.05) is 7.05 Å². The molecular weight excluding hydrogens is 413 g/mol. The average Bonchev–Trinajstić information content (AvgIpc) is 3.20. The SMILES string of the molecule is COCc1c[nH]c2nccc(Oc3ccc(CC(N)C(=O)N4CCN(C)CC4)cc3F)c12. The zero-order valence-electron chi connectivity index (χ0n) is 18.3. The van der Waals surface area contributed by atoms with Gasteiger partial charge in [-0.2, -0.15) is 0 Å². The fraction of sp³-hybridized carbons (Fsp3) is 0.391. The fourth-order valence-corrected chi connectivity index (χ4v) is 3.92. The number of nitrogens with two attached hydrogens (primary N) is 1. The third kappa shape index (κ3) is 4.74. The minimum atomic E-state index is -0.708. The van der Waals surface area contributed by atoms with Gasteiger partial charge in [-0.3, -0.25) is 4.79 Å². The van der Waals surface area contributed by atoms with Gasteiger partial charge in [0.1, 0.15) is 11.4 Å². The number of piperazine rings is 1. The fourth-order valence-electron chi connectivity index (χ4n) is 3.92. The van der Waals surface area contributed by atoms with Gasteiger partial charge in [0.2, 0.25) is 5.91 Å². The molecule has 1 amide bonds. The lowest BCUT2D eigenvalue weighted by atomic mass is 10.0. The van der Waals surface area contributed by atoms with E-state index >= 15 is 0 Å². The minimum Gasteiger partial charge on any atom is -0.453 e. The molecule has 1 saturated heterocycles. The molecule has 1 aliphatic heterocycles. The number of nitrogens with zero attached hydrogens (tertiary/aromatic N) is 3. The molecule has 2 aromatic heterocycles. The van der Waals surface area contributed by atoms with Crippen LogP contribution in [0.5, 0.6) is 11.5 Å². The van der Waals surface area contributed by atoms with E-state index in [9.17, 15) is 9.18 Å². The number of benzene rings is 1. The highest BCUT2D eigenvalue weighted by Gasteiger charge is 2.24. The van der Waals surface area contributed by atoms with Crippen LogP contribution in [0.25, 0.3) is 11.0 Å². The predicted octanol–water partition coefficient (Wildman–Crippen LogP) is 2.28. The van der Waals surface area contributed by atoms with Gasteiger partial charge in [0, 0.05) is 51.2 Å². The van der Waals surface area contributed by atoms with E-state index in [1.165, 1.54) is 6.07 Å². The first kappa shape index (κ1) is 22.2. The van der Waals surface area contributed by atoms with Gasteiger partial charge < -0.3 is 30.0 Å². The van der Waals surface area contributed by atoms with Crippen LogP contribution < -0.4 is 10.5 Å². The van der Waals surface area contributed by atoms with E-state index in [4.69, 9.17) is 15.2 Å². The highest BCUT2D eigenvalue weighted by Crippen LogP contribution is 2.33. The number of rotatable bonds is 7. The highest BCUT2D eigenvalue weighted by molar-refractivity contribution is 5.86. The number of methoxy groups -OCH3 is 1. The number of amides is 1. The number of aromatic nitrogens is 2. The molecule has 3 heterocycles. The minimum absolute atomic E-state index is 0.0878. The van der Waals surface area contributed by atoms with Gasteiger partial charge in [0.25, 0.3) is 0 Å². The molecule has 170 valence electrons. The predicted molar refractivity (Wildman–Crippen MR) is 119 cm³/mol. The van der Waals surface area contributed by atoms with Crippen molar-refractivity contribution in [3.8, 4) is 11.5 Å². The summed E-state index contributed by atoms with van der Waals surface area (Å²) in [7, 11) is 3.63. The molecule has 0 aliphatic carbocycles. The first-order valence-corrected chi connectivity index (χ1v) is 10.6. The molecule has 1 fully saturated rings. The third-order valence-corrected chi connectivity index (χ3v) is 5.72. The summed E-state index contributed by atoms with van der Waals surface area (Å²) < 4.78 is 25.9. The van der Waals surface area contributed by atoms with Crippen LogP contribution in [0.4, 0.5) is 4.39 Å². The van der Waals surface area contributed by atoms with Crippen LogP contribution in [0.2, 0.25) is 0 Å². The topological polar surface area (TPSA) is 96.7 Å².